The highest BCUT2D eigenvalue weighted by atomic mass is 16.5. The topological polar surface area (TPSA) is 49.8 Å². The minimum absolute atomic E-state index is 0.0432. The molecule has 0 bridgehead atoms. The van der Waals surface area contributed by atoms with Gasteiger partial charge in [0.25, 0.3) is 0 Å². The zero-order valence-corrected chi connectivity index (χ0v) is 19.8. The van der Waals surface area contributed by atoms with E-state index in [0.29, 0.717) is 5.92 Å². The van der Waals surface area contributed by atoms with E-state index in [9.17, 15) is 9.90 Å². The van der Waals surface area contributed by atoms with Crippen molar-refractivity contribution in [2.45, 2.75) is 66.4 Å². The predicted molar refractivity (Wildman–Crippen MR) is 129 cm³/mol. The molecule has 0 aromatic heterocycles. The smallest absolute Gasteiger partial charge is 0.335 e. The van der Waals surface area contributed by atoms with E-state index < -0.39 is 5.97 Å². The maximum Gasteiger partial charge on any atom is 0.335 e. The van der Waals surface area contributed by atoms with Crippen molar-refractivity contribution in [1.29, 1.82) is 0 Å². The Kier molecular flexibility index (Phi) is 6.49. The molecule has 0 saturated carbocycles. The number of carboxylic acid groups (broad SMARTS) is 1. The lowest BCUT2D eigenvalue weighted by atomic mass is 9.71. The molecule has 1 aliphatic carbocycles. The fourth-order valence-corrected chi connectivity index (χ4v) is 4.33. The van der Waals surface area contributed by atoms with Crippen molar-refractivity contribution in [3.63, 3.8) is 0 Å². The summed E-state index contributed by atoms with van der Waals surface area (Å²) in [4.78, 5) is 13.5. The predicted octanol–water partition coefficient (Wildman–Crippen LogP) is 7.05. The molecular weight excluding hydrogens is 386 g/mol. The molecule has 3 rings (SSSR count). The average Bonchev–Trinajstić information content (AvgIpc) is 2.69. The molecule has 0 aliphatic heterocycles. The number of ether oxygens (including phenoxy) is 1. The molecule has 0 amide bonds. The average molecular weight is 422 g/mol. The minimum Gasteiger partial charge on any atom is -0.489 e. The van der Waals surface area contributed by atoms with Crippen LogP contribution < -0.4 is 9.64 Å². The van der Waals surface area contributed by atoms with Gasteiger partial charge in [-0.2, -0.15) is 0 Å². The largest absolute Gasteiger partial charge is 0.489 e. The summed E-state index contributed by atoms with van der Waals surface area (Å²) in [5, 5.41) is 9.25. The number of hydrogen-bond acceptors (Lipinski definition) is 3. The number of carboxylic acids is 1. The first-order valence-electron chi connectivity index (χ1n) is 11.2. The number of fused-ring (bicyclic) bond motifs is 1. The second kappa shape index (κ2) is 8.78. The SMILES string of the molecule is CCN(c1ccc(C(=O)O)cc1)c1cc2c(cc1OC(C)C)C(C)(C)CC=C2C(C)C. The summed E-state index contributed by atoms with van der Waals surface area (Å²) >= 11 is 0. The lowest BCUT2D eigenvalue weighted by molar-refractivity contribution is 0.0697. The van der Waals surface area contributed by atoms with E-state index in [2.05, 4.69) is 57.7 Å². The summed E-state index contributed by atoms with van der Waals surface area (Å²) in [6, 6.07) is 11.6. The monoisotopic (exact) mass is 421 g/mol. The van der Waals surface area contributed by atoms with Gasteiger partial charge in [0.15, 0.2) is 0 Å². The van der Waals surface area contributed by atoms with Crippen molar-refractivity contribution in [3.8, 4) is 5.75 Å². The Bertz CT molecular complexity index is 984. The Balaban J connectivity index is 2.20. The fourth-order valence-electron chi connectivity index (χ4n) is 4.33. The van der Waals surface area contributed by atoms with E-state index >= 15 is 0 Å². The fraction of sp³-hybridized carbons (Fsp3) is 0.444. The van der Waals surface area contributed by atoms with Gasteiger partial charge in [-0.25, -0.2) is 4.79 Å². The van der Waals surface area contributed by atoms with Crippen LogP contribution in [0.1, 0.15) is 76.4 Å². The molecule has 4 nitrogen and oxygen atoms in total. The lowest BCUT2D eigenvalue weighted by Gasteiger charge is -2.36. The molecule has 0 spiro atoms. The summed E-state index contributed by atoms with van der Waals surface area (Å²) in [5.74, 6) is 0.390. The minimum atomic E-state index is -0.916. The Morgan fingerprint density at radius 2 is 1.77 bits per heavy atom. The first kappa shape index (κ1) is 22.9. The Labute approximate surface area is 186 Å². The van der Waals surface area contributed by atoms with Crippen LogP contribution in [0, 0.1) is 5.92 Å². The summed E-state index contributed by atoms with van der Waals surface area (Å²) in [6.45, 7) is 16.0. The molecule has 1 aliphatic rings. The van der Waals surface area contributed by atoms with Crippen molar-refractivity contribution >= 4 is 22.9 Å². The van der Waals surface area contributed by atoms with Crippen LogP contribution in [-0.2, 0) is 5.41 Å². The number of aromatic carboxylic acids is 1. The van der Waals surface area contributed by atoms with Gasteiger partial charge in [0.1, 0.15) is 5.75 Å². The number of anilines is 2. The highest BCUT2D eigenvalue weighted by molar-refractivity contribution is 5.88. The molecule has 0 saturated heterocycles. The second-order valence-corrected chi connectivity index (χ2v) is 9.53. The van der Waals surface area contributed by atoms with E-state index in [0.717, 1.165) is 30.1 Å². The van der Waals surface area contributed by atoms with E-state index in [4.69, 9.17) is 4.74 Å². The van der Waals surface area contributed by atoms with Crippen LogP contribution in [0.4, 0.5) is 11.4 Å². The van der Waals surface area contributed by atoms with Crippen molar-refractivity contribution in [2.75, 3.05) is 11.4 Å². The zero-order chi connectivity index (χ0) is 22.9. The normalized spacial score (nSPS) is 14.9. The molecule has 2 aromatic rings. The Hall–Kier alpha value is -2.75. The van der Waals surface area contributed by atoms with Crippen LogP contribution in [0.3, 0.4) is 0 Å². The van der Waals surface area contributed by atoms with Gasteiger partial charge in [-0.1, -0.05) is 33.8 Å². The summed E-state index contributed by atoms with van der Waals surface area (Å²) in [5.41, 5.74) is 6.29. The van der Waals surface area contributed by atoms with Gasteiger partial charge < -0.3 is 14.7 Å². The van der Waals surface area contributed by atoms with Crippen LogP contribution in [-0.4, -0.2) is 23.7 Å². The van der Waals surface area contributed by atoms with Gasteiger partial charge in [-0.15, -0.1) is 0 Å². The molecule has 0 unspecified atom stereocenters. The highest BCUT2D eigenvalue weighted by Crippen LogP contribution is 2.47. The van der Waals surface area contributed by atoms with Crippen molar-refractivity contribution in [3.05, 3.63) is 59.2 Å². The Morgan fingerprint density at radius 3 is 2.29 bits per heavy atom. The van der Waals surface area contributed by atoms with Gasteiger partial charge in [-0.3, -0.25) is 0 Å². The number of nitrogens with zero attached hydrogens (tertiary/aromatic N) is 1. The first-order valence-corrected chi connectivity index (χ1v) is 11.2. The third-order valence-electron chi connectivity index (χ3n) is 5.99. The van der Waals surface area contributed by atoms with E-state index in [1.54, 1.807) is 12.1 Å². The van der Waals surface area contributed by atoms with Crippen LogP contribution in [0.15, 0.2) is 42.5 Å². The molecule has 0 fully saturated rings. The summed E-state index contributed by atoms with van der Waals surface area (Å²) < 4.78 is 6.31. The molecular formula is C27H35NO3. The van der Waals surface area contributed by atoms with Crippen LogP contribution in [0.25, 0.3) is 5.57 Å². The lowest BCUT2D eigenvalue weighted by Crippen LogP contribution is -2.25. The van der Waals surface area contributed by atoms with E-state index in [1.165, 1.54) is 16.7 Å². The highest BCUT2D eigenvalue weighted by Gasteiger charge is 2.31. The second-order valence-electron chi connectivity index (χ2n) is 9.53. The third-order valence-corrected chi connectivity index (χ3v) is 5.99. The molecule has 0 heterocycles. The number of benzene rings is 2. The number of rotatable bonds is 7. The number of allylic oxidation sites excluding steroid dienone is 2. The molecule has 2 aromatic carbocycles. The maximum absolute atomic E-state index is 11.3. The summed E-state index contributed by atoms with van der Waals surface area (Å²) in [7, 11) is 0. The molecule has 31 heavy (non-hydrogen) atoms. The van der Waals surface area contributed by atoms with Crippen molar-refractivity contribution < 1.29 is 14.6 Å². The Morgan fingerprint density at radius 1 is 1.13 bits per heavy atom. The molecule has 166 valence electrons. The van der Waals surface area contributed by atoms with Crippen LogP contribution in [0.2, 0.25) is 0 Å². The zero-order valence-electron chi connectivity index (χ0n) is 19.8. The molecule has 0 atom stereocenters. The third kappa shape index (κ3) is 4.63. The van der Waals surface area contributed by atoms with E-state index in [1.807, 2.05) is 26.0 Å². The quantitative estimate of drug-likeness (QED) is 0.520. The van der Waals surface area contributed by atoms with Gasteiger partial charge in [-0.05, 0) is 91.6 Å². The standard InChI is InChI=1S/C27H35NO3/c1-8-28(20-11-9-19(10-12-20)26(29)30)24-15-22-21(17(2)3)13-14-27(6,7)23(22)16-25(24)31-18(4)5/h9-13,15-18H,8,14H2,1-7H3,(H,29,30). The van der Waals surface area contributed by atoms with E-state index in [-0.39, 0.29) is 17.1 Å². The maximum atomic E-state index is 11.3. The molecule has 0 radical (unpaired) electrons. The summed E-state index contributed by atoms with van der Waals surface area (Å²) in [6.07, 6.45) is 3.46. The van der Waals surface area contributed by atoms with Gasteiger partial charge >= 0.3 is 5.97 Å². The van der Waals surface area contributed by atoms with Crippen LogP contribution in [0.5, 0.6) is 5.75 Å². The molecule has 4 heteroatoms. The van der Waals surface area contributed by atoms with Crippen LogP contribution >= 0.6 is 0 Å². The number of carbonyl (C=O) groups is 1. The first-order chi connectivity index (χ1) is 14.5. The van der Waals surface area contributed by atoms with Gasteiger partial charge in [0.05, 0.1) is 17.4 Å². The van der Waals surface area contributed by atoms with Gasteiger partial charge in [0.2, 0.25) is 0 Å². The van der Waals surface area contributed by atoms with Gasteiger partial charge in [0, 0.05) is 12.2 Å². The number of hydrogen-bond donors (Lipinski definition) is 1. The van der Waals surface area contributed by atoms with Crippen molar-refractivity contribution in [2.24, 2.45) is 5.92 Å². The van der Waals surface area contributed by atoms with Crippen molar-refractivity contribution in [1.82, 2.24) is 0 Å². The molecule has 1 N–H and O–H groups in total.